The third-order valence-corrected chi connectivity index (χ3v) is 3.78. The highest BCUT2D eigenvalue weighted by Gasteiger charge is 2.20. The van der Waals surface area contributed by atoms with E-state index >= 15 is 0 Å². The van der Waals surface area contributed by atoms with E-state index in [0.717, 1.165) is 23.3 Å². The Morgan fingerprint density at radius 2 is 1.93 bits per heavy atom. The van der Waals surface area contributed by atoms with Gasteiger partial charge in [-0.05, 0) is 50.1 Å². The number of halogens is 1. The molecule has 148 valence electrons. The molecule has 2 aromatic carbocycles. The van der Waals surface area contributed by atoms with Crippen LogP contribution in [0.1, 0.15) is 18.1 Å². The molecule has 0 bridgehead atoms. The number of carbonyl (C=O) groups excluding carboxylic acids is 2. The van der Waals surface area contributed by atoms with Gasteiger partial charge in [0, 0.05) is 11.8 Å². The summed E-state index contributed by atoms with van der Waals surface area (Å²) in [6.45, 7) is 4.67. The Hall–Kier alpha value is -3.49. The lowest BCUT2D eigenvalue weighted by molar-refractivity contribution is -0.387. The average Bonchev–Trinajstić information content (AvgIpc) is 2.63. The summed E-state index contributed by atoms with van der Waals surface area (Å²) in [4.78, 5) is 33.8. The molecule has 1 amide bonds. The van der Waals surface area contributed by atoms with Gasteiger partial charge in [-0.3, -0.25) is 14.9 Å². The number of nitrogens with one attached hydrogen (secondary N) is 1. The standard InChI is InChI=1S/C19H19FN2O6/c1-11-4-5-12(2)17(8-11)27-10-18(23)28-13(3)19(24)21-14-6-7-15(20)16(9-14)22(25)26/h4-9,13H,10H2,1-3H3,(H,21,24). The van der Waals surface area contributed by atoms with Crippen molar-refractivity contribution in [3.8, 4) is 5.75 Å². The van der Waals surface area contributed by atoms with Crippen molar-refractivity contribution in [2.75, 3.05) is 11.9 Å². The molecule has 0 saturated heterocycles. The fourth-order valence-corrected chi connectivity index (χ4v) is 2.26. The molecule has 28 heavy (non-hydrogen) atoms. The topological polar surface area (TPSA) is 108 Å². The van der Waals surface area contributed by atoms with E-state index in [9.17, 15) is 24.1 Å². The zero-order chi connectivity index (χ0) is 20.8. The Bertz CT molecular complexity index is 915. The molecule has 0 radical (unpaired) electrons. The number of ether oxygens (including phenoxy) is 2. The van der Waals surface area contributed by atoms with Gasteiger partial charge in [0.2, 0.25) is 5.82 Å². The SMILES string of the molecule is Cc1ccc(C)c(OCC(=O)OC(C)C(=O)Nc2ccc(F)c([N+](=O)[O-])c2)c1. The van der Waals surface area contributed by atoms with E-state index in [1.54, 1.807) is 6.07 Å². The van der Waals surface area contributed by atoms with Gasteiger partial charge in [-0.25, -0.2) is 4.79 Å². The summed E-state index contributed by atoms with van der Waals surface area (Å²) < 4.78 is 23.7. The van der Waals surface area contributed by atoms with Gasteiger partial charge >= 0.3 is 11.7 Å². The van der Waals surface area contributed by atoms with Crippen LogP contribution in [-0.4, -0.2) is 29.5 Å². The number of amides is 1. The molecule has 1 unspecified atom stereocenters. The first kappa shape index (κ1) is 20.8. The molecule has 2 aromatic rings. The van der Waals surface area contributed by atoms with Crippen LogP contribution in [-0.2, 0) is 14.3 Å². The van der Waals surface area contributed by atoms with Crippen LogP contribution in [0, 0.1) is 29.8 Å². The molecule has 9 heteroatoms. The van der Waals surface area contributed by atoms with Crippen LogP contribution in [0.2, 0.25) is 0 Å². The van der Waals surface area contributed by atoms with Crippen LogP contribution in [0.15, 0.2) is 36.4 Å². The van der Waals surface area contributed by atoms with E-state index in [-0.39, 0.29) is 12.3 Å². The van der Waals surface area contributed by atoms with Crippen LogP contribution >= 0.6 is 0 Å². The summed E-state index contributed by atoms with van der Waals surface area (Å²) in [5.74, 6) is -1.96. The van der Waals surface area contributed by atoms with Crippen molar-refractivity contribution >= 4 is 23.3 Å². The predicted molar refractivity (Wildman–Crippen MR) is 98.6 cm³/mol. The van der Waals surface area contributed by atoms with E-state index < -0.39 is 34.4 Å². The van der Waals surface area contributed by atoms with Gasteiger partial charge in [0.05, 0.1) is 4.92 Å². The number of nitrogens with zero attached hydrogens (tertiary/aromatic N) is 1. The van der Waals surface area contributed by atoms with Crippen LogP contribution in [0.25, 0.3) is 0 Å². The third-order valence-electron chi connectivity index (χ3n) is 3.78. The lowest BCUT2D eigenvalue weighted by Gasteiger charge is -2.14. The largest absolute Gasteiger partial charge is 0.482 e. The molecule has 0 aliphatic rings. The quantitative estimate of drug-likeness (QED) is 0.441. The van der Waals surface area contributed by atoms with Crippen molar-refractivity contribution in [2.45, 2.75) is 26.9 Å². The average molecular weight is 390 g/mol. The third kappa shape index (κ3) is 5.50. The Morgan fingerprint density at radius 1 is 1.21 bits per heavy atom. The van der Waals surface area contributed by atoms with Crippen molar-refractivity contribution < 1.29 is 28.4 Å². The van der Waals surface area contributed by atoms with Crippen molar-refractivity contribution in [1.82, 2.24) is 0 Å². The molecule has 1 atom stereocenters. The number of rotatable bonds is 7. The van der Waals surface area contributed by atoms with Gasteiger partial charge < -0.3 is 14.8 Å². The van der Waals surface area contributed by atoms with Gasteiger partial charge in [0.15, 0.2) is 12.7 Å². The molecule has 8 nitrogen and oxygen atoms in total. The second-order valence-electron chi connectivity index (χ2n) is 6.10. The van der Waals surface area contributed by atoms with Gasteiger partial charge in [-0.15, -0.1) is 0 Å². The number of aryl methyl sites for hydroxylation is 2. The Labute approximate surface area is 160 Å². The summed E-state index contributed by atoms with van der Waals surface area (Å²) >= 11 is 0. The van der Waals surface area contributed by atoms with Gasteiger partial charge in [-0.1, -0.05) is 12.1 Å². The zero-order valence-electron chi connectivity index (χ0n) is 15.5. The van der Waals surface area contributed by atoms with Gasteiger partial charge in [0.1, 0.15) is 5.75 Å². The van der Waals surface area contributed by atoms with Crippen LogP contribution in [0.3, 0.4) is 0 Å². The van der Waals surface area contributed by atoms with E-state index in [4.69, 9.17) is 9.47 Å². The van der Waals surface area contributed by atoms with Gasteiger partial charge in [-0.2, -0.15) is 4.39 Å². The number of benzene rings is 2. The second-order valence-corrected chi connectivity index (χ2v) is 6.10. The lowest BCUT2D eigenvalue weighted by Crippen LogP contribution is -2.31. The molecule has 0 aliphatic heterocycles. The zero-order valence-corrected chi connectivity index (χ0v) is 15.5. The molecule has 0 spiro atoms. The number of nitro benzene ring substituents is 1. The van der Waals surface area contributed by atoms with Crippen molar-refractivity contribution in [3.63, 3.8) is 0 Å². The smallest absolute Gasteiger partial charge is 0.344 e. The van der Waals surface area contributed by atoms with Crippen molar-refractivity contribution in [3.05, 3.63) is 63.5 Å². The first-order valence-electron chi connectivity index (χ1n) is 8.31. The molecule has 0 saturated carbocycles. The highest BCUT2D eigenvalue weighted by molar-refractivity contribution is 5.95. The summed E-state index contributed by atoms with van der Waals surface area (Å²) in [7, 11) is 0. The first-order valence-corrected chi connectivity index (χ1v) is 8.31. The maximum absolute atomic E-state index is 13.3. The first-order chi connectivity index (χ1) is 13.2. The number of anilines is 1. The normalized spacial score (nSPS) is 11.4. The van der Waals surface area contributed by atoms with Gasteiger partial charge in [0.25, 0.3) is 5.91 Å². The fraction of sp³-hybridized carbons (Fsp3) is 0.263. The van der Waals surface area contributed by atoms with Crippen molar-refractivity contribution in [2.24, 2.45) is 0 Å². The van der Waals surface area contributed by atoms with E-state index in [2.05, 4.69) is 5.32 Å². The number of hydrogen-bond acceptors (Lipinski definition) is 6. The van der Waals surface area contributed by atoms with E-state index in [1.165, 1.54) is 13.0 Å². The van der Waals surface area contributed by atoms with Crippen molar-refractivity contribution in [1.29, 1.82) is 0 Å². The fourth-order valence-electron chi connectivity index (χ4n) is 2.26. The second kappa shape index (κ2) is 8.94. The summed E-state index contributed by atoms with van der Waals surface area (Å²) in [6.07, 6.45) is -1.18. The number of esters is 1. The highest BCUT2D eigenvalue weighted by Crippen LogP contribution is 2.22. The Morgan fingerprint density at radius 3 is 2.61 bits per heavy atom. The minimum absolute atomic E-state index is 0.00707. The summed E-state index contributed by atoms with van der Waals surface area (Å²) in [6, 6.07) is 8.45. The predicted octanol–water partition coefficient (Wildman–Crippen LogP) is 3.30. The maximum atomic E-state index is 13.3. The van der Waals surface area contributed by atoms with E-state index in [0.29, 0.717) is 5.75 Å². The lowest BCUT2D eigenvalue weighted by atomic mass is 10.1. The summed E-state index contributed by atoms with van der Waals surface area (Å²) in [5.41, 5.74) is 1.05. The molecule has 2 rings (SSSR count). The number of carbonyl (C=O) groups is 2. The monoisotopic (exact) mass is 390 g/mol. The molecule has 0 aromatic heterocycles. The van der Waals surface area contributed by atoms with Crippen LogP contribution in [0.4, 0.5) is 15.8 Å². The highest BCUT2D eigenvalue weighted by atomic mass is 19.1. The number of nitro groups is 1. The minimum Gasteiger partial charge on any atom is -0.482 e. The molecular weight excluding hydrogens is 371 g/mol. The van der Waals surface area contributed by atoms with E-state index in [1.807, 2.05) is 26.0 Å². The molecule has 0 heterocycles. The minimum atomic E-state index is -1.18. The molecule has 0 fully saturated rings. The van der Waals surface area contributed by atoms with Crippen LogP contribution < -0.4 is 10.1 Å². The molecule has 1 N–H and O–H groups in total. The molecular formula is C19H19FN2O6. The summed E-state index contributed by atoms with van der Waals surface area (Å²) in [5, 5.41) is 13.1. The molecule has 0 aliphatic carbocycles. The number of hydrogen-bond donors (Lipinski definition) is 1. The Balaban J connectivity index is 1.91. The van der Waals surface area contributed by atoms with Crippen LogP contribution in [0.5, 0.6) is 5.75 Å². The Kier molecular flexibility index (Phi) is 6.64. The maximum Gasteiger partial charge on any atom is 0.344 e.